The summed E-state index contributed by atoms with van der Waals surface area (Å²) < 4.78 is 1.59. The van der Waals surface area contributed by atoms with Crippen molar-refractivity contribution in [1.29, 1.82) is 0 Å². The standard InChI is InChI=1S/C12H12N2O/c1-2-10-5-7-14(12(15)8-10)11-4-3-6-13-9-11/h3-9H,2H2,1H3. The van der Waals surface area contributed by atoms with Crippen molar-refractivity contribution in [3.63, 3.8) is 0 Å². The molecule has 3 nitrogen and oxygen atoms in total. The Morgan fingerprint density at radius 1 is 1.40 bits per heavy atom. The molecule has 2 aromatic heterocycles. The number of hydrogen-bond acceptors (Lipinski definition) is 2. The van der Waals surface area contributed by atoms with Gasteiger partial charge in [0, 0.05) is 18.5 Å². The quantitative estimate of drug-likeness (QED) is 0.740. The number of aromatic nitrogens is 2. The maximum Gasteiger partial charge on any atom is 0.255 e. The van der Waals surface area contributed by atoms with E-state index in [0.29, 0.717) is 0 Å². The highest BCUT2D eigenvalue weighted by molar-refractivity contribution is 5.29. The van der Waals surface area contributed by atoms with Crippen molar-refractivity contribution in [3.05, 3.63) is 58.8 Å². The maximum atomic E-state index is 11.7. The van der Waals surface area contributed by atoms with Gasteiger partial charge in [0.25, 0.3) is 5.56 Å². The third-order valence-electron chi connectivity index (χ3n) is 2.32. The Balaban J connectivity index is 2.51. The molecule has 0 spiro atoms. The molecule has 0 aromatic carbocycles. The minimum Gasteiger partial charge on any atom is -0.283 e. The van der Waals surface area contributed by atoms with Gasteiger partial charge in [0.05, 0.1) is 11.9 Å². The summed E-state index contributed by atoms with van der Waals surface area (Å²) in [7, 11) is 0. The molecular formula is C12H12N2O. The van der Waals surface area contributed by atoms with Crippen LogP contribution >= 0.6 is 0 Å². The Labute approximate surface area is 88.0 Å². The molecule has 2 aromatic rings. The molecule has 0 aliphatic rings. The van der Waals surface area contributed by atoms with Crippen LogP contribution in [0.5, 0.6) is 0 Å². The maximum absolute atomic E-state index is 11.7. The van der Waals surface area contributed by atoms with Crippen LogP contribution in [-0.4, -0.2) is 9.55 Å². The van der Waals surface area contributed by atoms with E-state index in [1.54, 1.807) is 29.2 Å². The van der Waals surface area contributed by atoms with Gasteiger partial charge in [0.15, 0.2) is 0 Å². The molecule has 0 amide bonds. The van der Waals surface area contributed by atoms with Gasteiger partial charge >= 0.3 is 0 Å². The summed E-state index contributed by atoms with van der Waals surface area (Å²) in [6.45, 7) is 2.03. The molecule has 0 aliphatic heterocycles. The third-order valence-corrected chi connectivity index (χ3v) is 2.32. The second-order valence-electron chi connectivity index (χ2n) is 3.31. The predicted octanol–water partition coefficient (Wildman–Crippen LogP) is 1.79. The number of pyridine rings is 2. The smallest absolute Gasteiger partial charge is 0.255 e. The SMILES string of the molecule is CCc1ccn(-c2cccnc2)c(=O)c1. The largest absolute Gasteiger partial charge is 0.283 e. The second kappa shape index (κ2) is 4.09. The van der Waals surface area contributed by atoms with Crippen LogP contribution < -0.4 is 5.56 Å². The van der Waals surface area contributed by atoms with E-state index >= 15 is 0 Å². The molecule has 2 heterocycles. The number of rotatable bonds is 2. The zero-order valence-corrected chi connectivity index (χ0v) is 8.55. The molecule has 0 unspecified atom stereocenters. The van der Waals surface area contributed by atoms with E-state index < -0.39 is 0 Å². The fourth-order valence-electron chi connectivity index (χ4n) is 1.45. The van der Waals surface area contributed by atoms with Crippen LogP contribution in [-0.2, 0) is 6.42 Å². The third kappa shape index (κ3) is 1.96. The summed E-state index contributed by atoms with van der Waals surface area (Å²) in [6.07, 6.45) is 6.03. The van der Waals surface area contributed by atoms with E-state index in [-0.39, 0.29) is 5.56 Å². The highest BCUT2D eigenvalue weighted by Gasteiger charge is 1.99. The molecule has 0 N–H and O–H groups in total. The first-order valence-electron chi connectivity index (χ1n) is 4.93. The summed E-state index contributed by atoms with van der Waals surface area (Å²) in [4.78, 5) is 15.7. The van der Waals surface area contributed by atoms with Gasteiger partial charge in [-0.3, -0.25) is 14.3 Å². The number of nitrogens with zero attached hydrogens (tertiary/aromatic N) is 2. The Kier molecular flexibility index (Phi) is 2.63. The topological polar surface area (TPSA) is 34.9 Å². The van der Waals surface area contributed by atoms with E-state index in [4.69, 9.17) is 0 Å². The fourth-order valence-corrected chi connectivity index (χ4v) is 1.45. The van der Waals surface area contributed by atoms with Crippen molar-refractivity contribution in [3.8, 4) is 5.69 Å². The van der Waals surface area contributed by atoms with Crippen LogP contribution in [0.2, 0.25) is 0 Å². The van der Waals surface area contributed by atoms with Crippen molar-refractivity contribution in [2.24, 2.45) is 0 Å². The first-order valence-corrected chi connectivity index (χ1v) is 4.93. The molecule has 0 bridgehead atoms. The van der Waals surface area contributed by atoms with Gasteiger partial charge < -0.3 is 0 Å². The lowest BCUT2D eigenvalue weighted by atomic mass is 10.2. The predicted molar refractivity (Wildman–Crippen MR) is 59.2 cm³/mol. The Hall–Kier alpha value is -1.90. The molecule has 76 valence electrons. The van der Waals surface area contributed by atoms with Crippen molar-refractivity contribution < 1.29 is 0 Å². The number of hydrogen-bond donors (Lipinski definition) is 0. The van der Waals surface area contributed by atoms with Gasteiger partial charge in [0.2, 0.25) is 0 Å². The molecule has 3 heteroatoms. The molecule has 0 saturated carbocycles. The van der Waals surface area contributed by atoms with Gasteiger partial charge in [-0.15, -0.1) is 0 Å². The Morgan fingerprint density at radius 3 is 2.87 bits per heavy atom. The molecular weight excluding hydrogens is 188 g/mol. The van der Waals surface area contributed by atoms with Gasteiger partial charge in [0.1, 0.15) is 0 Å². The van der Waals surface area contributed by atoms with Gasteiger partial charge in [-0.2, -0.15) is 0 Å². The highest BCUT2D eigenvalue weighted by atomic mass is 16.1. The lowest BCUT2D eigenvalue weighted by Crippen LogP contribution is -2.17. The average molecular weight is 200 g/mol. The molecule has 15 heavy (non-hydrogen) atoms. The fraction of sp³-hybridized carbons (Fsp3) is 0.167. The minimum absolute atomic E-state index is 0.0117. The number of aryl methyl sites for hydroxylation is 1. The summed E-state index contributed by atoms with van der Waals surface area (Å²) in [5.74, 6) is 0. The zero-order chi connectivity index (χ0) is 10.7. The van der Waals surface area contributed by atoms with Crippen LogP contribution in [0.3, 0.4) is 0 Å². The Morgan fingerprint density at radius 2 is 2.27 bits per heavy atom. The molecule has 0 aliphatic carbocycles. The average Bonchev–Trinajstić information content (AvgIpc) is 2.30. The van der Waals surface area contributed by atoms with Gasteiger partial charge in [-0.1, -0.05) is 6.92 Å². The molecule has 2 rings (SSSR count). The first-order chi connectivity index (χ1) is 7.31. The summed E-state index contributed by atoms with van der Waals surface area (Å²) in [6, 6.07) is 7.29. The van der Waals surface area contributed by atoms with E-state index in [9.17, 15) is 4.79 Å². The Bertz CT molecular complexity index is 503. The van der Waals surface area contributed by atoms with Gasteiger partial charge in [-0.25, -0.2) is 0 Å². The lowest BCUT2D eigenvalue weighted by molar-refractivity contribution is 0.957. The minimum atomic E-state index is -0.0117. The summed E-state index contributed by atoms with van der Waals surface area (Å²) in [5.41, 5.74) is 1.84. The van der Waals surface area contributed by atoms with E-state index in [2.05, 4.69) is 4.98 Å². The van der Waals surface area contributed by atoms with Crippen molar-refractivity contribution in [2.75, 3.05) is 0 Å². The van der Waals surface area contributed by atoms with Crippen LogP contribution in [0, 0.1) is 0 Å². The van der Waals surface area contributed by atoms with Crippen molar-refractivity contribution in [1.82, 2.24) is 9.55 Å². The van der Waals surface area contributed by atoms with E-state index in [1.807, 2.05) is 25.1 Å². The molecule has 0 saturated heterocycles. The highest BCUT2D eigenvalue weighted by Crippen LogP contribution is 2.03. The lowest BCUT2D eigenvalue weighted by Gasteiger charge is -2.05. The van der Waals surface area contributed by atoms with Gasteiger partial charge in [-0.05, 0) is 30.2 Å². The normalized spacial score (nSPS) is 10.2. The molecule has 0 atom stereocenters. The summed E-state index contributed by atoms with van der Waals surface area (Å²) >= 11 is 0. The molecule has 0 radical (unpaired) electrons. The monoisotopic (exact) mass is 200 g/mol. The van der Waals surface area contributed by atoms with E-state index in [0.717, 1.165) is 17.7 Å². The molecule has 0 fully saturated rings. The first kappa shape index (κ1) is 9.65. The van der Waals surface area contributed by atoms with Crippen LogP contribution in [0.15, 0.2) is 47.7 Å². The van der Waals surface area contributed by atoms with Crippen LogP contribution in [0.1, 0.15) is 12.5 Å². The van der Waals surface area contributed by atoms with Crippen molar-refractivity contribution in [2.45, 2.75) is 13.3 Å². The summed E-state index contributed by atoms with van der Waals surface area (Å²) in [5, 5.41) is 0. The zero-order valence-electron chi connectivity index (χ0n) is 8.55. The van der Waals surface area contributed by atoms with Crippen molar-refractivity contribution >= 4 is 0 Å². The second-order valence-corrected chi connectivity index (χ2v) is 3.31. The van der Waals surface area contributed by atoms with Crippen LogP contribution in [0.4, 0.5) is 0 Å². The van der Waals surface area contributed by atoms with Crippen LogP contribution in [0.25, 0.3) is 5.69 Å². The van der Waals surface area contributed by atoms with E-state index in [1.165, 1.54) is 0 Å².